The van der Waals surface area contributed by atoms with Crippen LogP contribution in [0.25, 0.3) is 0 Å². The molecule has 0 radical (unpaired) electrons. The van der Waals surface area contributed by atoms with Gasteiger partial charge in [0, 0.05) is 17.7 Å². The van der Waals surface area contributed by atoms with Gasteiger partial charge in [-0.2, -0.15) is 0 Å². The molecule has 0 aromatic heterocycles. The van der Waals surface area contributed by atoms with Crippen LogP contribution < -0.4 is 4.74 Å². The van der Waals surface area contributed by atoms with E-state index in [-0.39, 0.29) is 17.7 Å². The van der Waals surface area contributed by atoms with Crippen LogP contribution in [0.4, 0.5) is 17.6 Å². The number of hydrogen-bond acceptors (Lipinski definition) is 1. The lowest BCUT2D eigenvalue weighted by molar-refractivity contribution is 0.131. The maximum Gasteiger partial charge on any atom is 0.155 e. The first-order valence-electron chi connectivity index (χ1n) is 4.88. The van der Waals surface area contributed by atoms with Gasteiger partial charge in [0.1, 0.15) is 30.7 Å². The zero-order chi connectivity index (χ0) is 12.1. The van der Waals surface area contributed by atoms with Crippen LogP contribution in [0.3, 0.4) is 0 Å². The Morgan fingerprint density at radius 1 is 1.19 bits per heavy atom. The molecule has 0 atom stereocenters. The summed E-state index contributed by atoms with van der Waals surface area (Å²) in [7, 11) is 0. The van der Waals surface area contributed by atoms with E-state index in [2.05, 4.69) is 0 Å². The minimum atomic E-state index is -1.31. The zero-order valence-electron chi connectivity index (χ0n) is 8.77. The molecule has 0 heterocycles. The summed E-state index contributed by atoms with van der Waals surface area (Å²) >= 11 is 0. The Balaban J connectivity index is 3.01. The molecule has 0 bridgehead atoms. The topological polar surface area (TPSA) is 9.23 Å². The normalized spacial score (nSPS) is 10.9. The zero-order valence-corrected chi connectivity index (χ0v) is 8.77. The van der Waals surface area contributed by atoms with Gasteiger partial charge in [0.15, 0.2) is 6.10 Å². The Morgan fingerprint density at radius 3 is 2.31 bits per heavy atom. The van der Waals surface area contributed by atoms with Gasteiger partial charge in [0.05, 0.1) is 0 Å². The van der Waals surface area contributed by atoms with Crippen LogP contribution in [-0.2, 0) is 6.42 Å². The Hall–Kier alpha value is -1.26. The summed E-state index contributed by atoms with van der Waals surface area (Å²) in [5, 5.41) is 0. The summed E-state index contributed by atoms with van der Waals surface area (Å²) < 4.78 is 55.5. The molecule has 90 valence electrons. The van der Waals surface area contributed by atoms with Crippen LogP contribution in [-0.4, -0.2) is 19.5 Å². The highest BCUT2D eigenvalue weighted by atomic mass is 19.1. The molecule has 0 aliphatic carbocycles. The van der Waals surface area contributed by atoms with Crippen LogP contribution >= 0.6 is 0 Å². The Labute approximate surface area is 91.0 Å². The average Bonchev–Trinajstić information content (AvgIpc) is 2.25. The summed E-state index contributed by atoms with van der Waals surface area (Å²) in [5.41, 5.74) is 0.119. The third-order valence-corrected chi connectivity index (χ3v) is 2.11. The van der Waals surface area contributed by atoms with E-state index in [1.807, 2.05) is 0 Å². The van der Waals surface area contributed by atoms with Crippen LogP contribution in [0.5, 0.6) is 5.75 Å². The highest BCUT2D eigenvalue weighted by Gasteiger charge is 2.16. The number of ether oxygens (including phenoxy) is 1. The van der Waals surface area contributed by atoms with Crippen LogP contribution in [0.2, 0.25) is 0 Å². The monoisotopic (exact) mass is 236 g/mol. The molecule has 16 heavy (non-hydrogen) atoms. The van der Waals surface area contributed by atoms with Crippen molar-refractivity contribution >= 4 is 0 Å². The first kappa shape index (κ1) is 12.8. The van der Waals surface area contributed by atoms with Crippen molar-refractivity contribution in [3.63, 3.8) is 0 Å². The molecule has 0 unspecified atom stereocenters. The molecule has 0 fully saturated rings. The molecule has 1 nitrogen and oxygen atoms in total. The van der Waals surface area contributed by atoms with Crippen LogP contribution in [0, 0.1) is 11.6 Å². The fourth-order valence-corrected chi connectivity index (χ4v) is 1.31. The van der Waals surface area contributed by atoms with Gasteiger partial charge in [-0.1, -0.05) is 6.92 Å². The highest BCUT2D eigenvalue weighted by molar-refractivity contribution is 5.35. The molecule has 0 N–H and O–H groups in total. The third kappa shape index (κ3) is 2.87. The molecule has 0 saturated heterocycles. The largest absolute Gasteiger partial charge is 0.484 e. The van der Waals surface area contributed by atoms with Crippen molar-refractivity contribution in [1.82, 2.24) is 0 Å². The van der Waals surface area contributed by atoms with Crippen molar-refractivity contribution < 1.29 is 22.3 Å². The quantitative estimate of drug-likeness (QED) is 0.713. The number of alkyl halides is 2. The minimum Gasteiger partial charge on any atom is -0.484 e. The van der Waals surface area contributed by atoms with Gasteiger partial charge in [-0.25, -0.2) is 17.6 Å². The molecule has 1 aromatic carbocycles. The summed E-state index contributed by atoms with van der Waals surface area (Å²) in [6, 6.07) is 1.64. The summed E-state index contributed by atoms with van der Waals surface area (Å²) in [6.07, 6.45) is -1.06. The first-order valence-corrected chi connectivity index (χ1v) is 4.88. The Morgan fingerprint density at radius 2 is 1.81 bits per heavy atom. The number of hydrogen-bond donors (Lipinski definition) is 0. The van der Waals surface area contributed by atoms with E-state index in [1.54, 1.807) is 6.92 Å². The number of benzene rings is 1. The smallest absolute Gasteiger partial charge is 0.155 e. The third-order valence-electron chi connectivity index (χ3n) is 2.11. The van der Waals surface area contributed by atoms with Gasteiger partial charge < -0.3 is 4.74 Å². The van der Waals surface area contributed by atoms with Gasteiger partial charge in [-0.3, -0.25) is 0 Å². The maximum absolute atomic E-state index is 13.3. The summed E-state index contributed by atoms with van der Waals surface area (Å²) in [6.45, 7) is -0.446. The second-order valence-corrected chi connectivity index (χ2v) is 3.27. The Kier molecular flexibility index (Phi) is 4.58. The fraction of sp³-hybridized carbons (Fsp3) is 0.455. The van der Waals surface area contributed by atoms with Gasteiger partial charge in [-0.05, 0) is 6.42 Å². The van der Waals surface area contributed by atoms with Crippen molar-refractivity contribution in [2.24, 2.45) is 0 Å². The molecule has 0 aliphatic rings. The fourth-order valence-electron chi connectivity index (χ4n) is 1.31. The van der Waals surface area contributed by atoms with Crippen molar-refractivity contribution in [3.8, 4) is 5.75 Å². The molecular formula is C11H12F4O. The predicted octanol–water partition coefficient (Wildman–Crippen LogP) is 3.21. The van der Waals surface area contributed by atoms with Crippen LogP contribution in [0.15, 0.2) is 12.1 Å². The lowest BCUT2D eigenvalue weighted by Crippen LogP contribution is -2.22. The van der Waals surface area contributed by atoms with E-state index in [0.717, 1.165) is 6.07 Å². The number of halogens is 4. The minimum absolute atomic E-state index is 0.119. The van der Waals surface area contributed by atoms with E-state index in [4.69, 9.17) is 4.74 Å². The lowest BCUT2D eigenvalue weighted by Gasteiger charge is -2.16. The van der Waals surface area contributed by atoms with E-state index >= 15 is 0 Å². The standard InChI is InChI=1S/C11H12F4O/c1-2-9-10(15)3-7(14)4-11(9)16-8(5-12)6-13/h3-4,8H,2,5-6H2,1H3. The van der Waals surface area contributed by atoms with Gasteiger partial charge in [-0.15, -0.1) is 0 Å². The van der Waals surface area contributed by atoms with Crippen molar-refractivity contribution in [2.75, 3.05) is 13.3 Å². The van der Waals surface area contributed by atoms with Gasteiger partial charge >= 0.3 is 0 Å². The first-order chi connectivity index (χ1) is 7.62. The molecule has 1 aromatic rings. The van der Waals surface area contributed by atoms with E-state index < -0.39 is 31.1 Å². The Bertz CT molecular complexity index is 350. The lowest BCUT2D eigenvalue weighted by atomic mass is 10.1. The average molecular weight is 236 g/mol. The van der Waals surface area contributed by atoms with Crippen molar-refractivity contribution in [1.29, 1.82) is 0 Å². The molecule has 0 amide bonds. The summed E-state index contributed by atoms with van der Waals surface area (Å²) in [4.78, 5) is 0. The SMILES string of the molecule is CCc1c(F)cc(F)cc1OC(CF)CF. The second-order valence-electron chi connectivity index (χ2n) is 3.27. The molecule has 0 saturated carbocycles. The second kappa shape index (κ2) is 5.72. The van der Waals surface area contributed by atoms with E-state index in [0.29, 0.717) is 6.07 Å². The molecular weight excluding hydrogens is 224 g/mol. The van der Waals surface area contributed by atoms with Gasteiger partial charge in [0.25, 0.3) is 0 Å². The maximum atomic E-state index is 13.3. The van der Waals surface area contributed by atoms with Gasteiger partial charge in [0.2, 0.25) is 0 Å². The van der Waals surface area contributed by atoms with E-state index in [1.165, 1.54) is 0 Å². The number of rotatable bonds is 5. The molecule has 1 rings (SSSR count). The van der Waals surface area contributed by atoms with Crippen LogP contribution in [0.1, 0.15) is 12.5 Å². The molecule has 0 spiro atoms. The molecule has 0 aliphatic heterocycles. The summed E-state index contributed by atoms with van der Waals surface area (Å²) in [5.74, 6) is -1.74. The molecule has 5 heteroatoms. The van der Waals surface area contributed by atoms with Crippen molar-refractivity contribution in [2.45, 2.75) is 19.4 Å². The predicted molar refractivity (Wildman–Crippen MR) is 52.1 cm³/mol. The van der Waals surface area contributed by atoms with E-state index in [9.17, 15) is 17.6 Å². The van der Waals surface area contributed by atoms with Crippen molar-refractivity contribution in [3.05, 3.63) is 29.3 Å². The highest BCUT2D eigenvalue weighted by Crippen LogP contribution is 2.25.